The first-order valence-corrected chi connectivity index (χ1v) is 16.2. The zero-order chi connectivity index (χ0) is 32.3. The summed E-state index contributed by atoms with van der Waals surface area (Å²) < 4.78 is 45.8. The van der Waals surface area contributed by atoms with Gasteiger partial charge in [-0.2, -0.15) is 0 Å². The van der Waals surface area contributed by atoms with Gasteiger partial charge in [-0.25, -0.2) is 13.2 Å². The zero-order valence-electron chi connectivity index (χ0n) is 25.0. The molecule has 0 radical (unpaired) electrons. The highest BCUT2D eigenvalue weighted by Crippen LogP contribution is 2.34. The molecule has 0 saturated carbocycles. The Kier molecular flexibility index (Phi) is 9.61. The van der Waals surface area contributed by atoms with Gasteiger partial charge in [0.05, 0.1) is 30.5 Å². The molecule has 5 rings (SSSR count). The van der Waals surface area contributed by atoms with Crippen molar-refractivity contribution in [1.82, 2.24) is 9.80 Å². The van der Waals surface area contributed by atoms with Crippen molar-refractivity contribution in [3.05, 3.63) is 71.2 Å². The average Bonchev–Trinajstić information content (AvgIpc) is 3.48. The van der Waals surface area contributed by atoms with Gasteiger partial charge in [0.2, 0.25) is 12.7 Å². The van der Waals surface area contributed by atoms with Crippen LogP contribution >= 0.6 is 11.6 Å². The third kappa shape index (κ3) is 7.55. The van der Waals surface area contributed by atoms with Crippen molar-refractivity contribution in [2.75, 3.05) is 43.6 Å². The van der Waals surface area contributed by atoms with E-state index in [0.29, 0.717) is 33.5 Å². The van der Waals surface area contributed by atoms with Crippen molar-refractivity contribution in [2.45, 2.75) is 37.3 Å². The Labute approximate surface area is 266 Å². The SMILES string of the molecule is C[C@@H]1CN([C@H](C)CO)C(=O)Cc2cc(NS(=O)(=O)c3ccc(Cl)cc3)ccc2O[C@@H]1CN(C)C(=O)Nc1ccc2c(c1)OCO2. The number of urea groups is 1. The monoisotopic (exact) mass is 658 g/mol. The second kappa shape index (κ2) is 13.4. The van der Waals surface area contributed by atoms with Crippen LogP contribution in [-0.2, 0) is 21.2 Å². The highest BCUT2D eigenvalue weighted by molar-refractivity contribution is 7.92. The summed E-state index contributed by atoms with van der Waals surface area (Å²) in [5.41, 5.74) is 1.23. The lowest BCUT2D eigenvalue weighted by Crippen LogP contribution is -2.48. The molecule has 3 aromatic rings. The van der Waals surface area contributed by atoms with Gasteiger partial charge >= 0.3 is 6.03 Å². The molecular weight excluding hydrogens is 624 g/mol. The van der Waals surface area contributed by atoms with E-state index >= 15 is 0 Å². The van der Waals surface area contributed by atoms with E-state index in [1.165, 1.54) is 29.2 Å². The molecule has 2 heterocycles. The number of nitrogens with zero attached hydrogens (tertiary/aromatic N) is 2. The summed E-state index contributed by atoms with van der Waals surface area (Å²) >= 11 is 5.91. The summed E-state index contributed by atoms with van der Waals surface area (Å²) in [4.78, 5) is 29.8. The number of anilines is 2. The molecule has 0 aliphatic carbocycles. The second-order valence-electron chi connectivity index (χ2n) is 11.1. The van der Waals surface area contributed by atoms with Crippen molar-refractivity contribution < 1.29 is 37.3 Å². The van der Waals surface area contributed by atoms with E-state index in [-0.39, 0.29) is 61.3 Å². The van der Waals surface area contributed by atoms with Crippen LogP contribution in [0.25, 0.3) is 0 Å². The Morgan fingerprint density at radius 3 is 2.49 bits per heavy atom. The molecule has 2 aliphatic rings. The van der Waals surface area contributed by atoms with Gasteiger partial charge < -0.3 is 34.4 Å². The smallest absolute Gasteiger partial charge is 0.321 e. The van der Waals surface area contributed by atoms with Crippen LogP contribution < -0.4 is 24.2 Å². The third-order valence-corrected chi connectivity index (χ3v) is 9.37. The Morgan fingerprint density at radius 1 is 1.07 bits per heavy atom. The lowest BCUT2D eigenvalue weighted by molar-refractivity contribution is -0.134. The number of likely N-dealkylation sites (N-methyl/N-ethyl adjacent to an activating group) is 1. The van der Waals surface area contributed by atoms with Crippen molar-refractivity contribution in [1.29, 1.82) is 0 Å². The van der Waals surface area contributed by atoms with E-state index in [2.05, 4.69) is 10.0 Å². The molecule has 0 fully saturated rings. The maximum Gasteiger partial charge on any atom is 0.321 e. The number of rotatable bonds is 8. The number of hydrogen-bond donors (Lipinski definition) is 3. The first kappa shape index (κ1) is 32.2. The Hall–Kier alpha value is -4.20. The van der Waals surface area contributed by atoms with Crippen molar-refractivity contribution in [2.24, 2.45) is 5.92 Å². The molecule has 3 atom stereocenters. The van der Waals surface area contributed by atoms with E-state index in [9.17, 15) is 23.1 Å². The molecule has 0 aromatic heterocycles. The fraction of sp³-hybridized carbons (Fsp3) is 0.355. The van der Waals surface area contributed by atoms with Gasteiger partial charge in [0.25, 0.3) is 10.0 Å². The normalized spacial score (nSPS) is 18.5. The maximum atomic E-state index is 13.5. The van der Waals surface area contributed by atoms with Crippen LogP contribution in [0.1, 0.15) is 19.4 Å². The molecule has 3 amide bonds. The average molecular weight is 659 g/mol. The molecule has 0 unspecified atom stereocenters. The number of carbonyl (C=O) groups is 2. The van der Waals surface area contributed by atoms with Gasteiger partial charge in [-0.05, 0) is 61.5 Å². The predicted molar refractivity (Wildman–Crippen MR) is 168 cm³/mol. The summed E-state index contributed by atoms with van der Waals surface area (Å²) in [5, 5.41) is 13.2. The Bertz CT molecular complexity index is 1670. The summed E-state index contributed by atoms with van der Waals surface area (Å²) in [5.74, 6) is 1.03. The minimum Gasteiger partial charge on any atom is -0.488 e. The largest absolute Gasteiger partial charge is 0.488 e. The van der Waals surface area contributed by atoms with Gasteiger partial charge in [0.1, 0.15) is 11.9 Å². The predicted octanol–water partition coefficient (Wildman–Crippen LogP) is 4.18. The number of benzene rings is 3. The molecule has 0 saturated heterocycles. The van der Waals surface area contributed by atoms with Gasteiger partial charge in [0, 0.05) is 47.5 Å². The first-order chi connectivity index (χ1) is 21.4. The maximum absolute atomic E-state index is 13.5. The van der Waals surface area contributed by atoms with Crippen LogP contribution in [0.2, 0.25) is 5.02 Å². The van der Waals surface area contributed by atoms with Crippen LogP contribution in [0.15, 0.2) is 65.6 Å². The summed E-state index contributed by atoms with van der Waals surface area (Å²) in [6, 6.07) is 14.8. The first-order valence-electron chi connectivity index (χ1n) is 14.3. The molecule has 12 nitrogen and oxygen atoms in total. The minimum absolute atomic E-state index is 0.0293. The van der Waals surface area contributed by atoms with Gasteiger partial charge in [0.15, 0.2) is 11.5 Å². The van der Waals surface area contributed by atoms with E-state index in [4.69, 9.17) is 25.8 Å². The minimum atomic E-state index is -3.94. The molecule has 240 valence electrons. The standard InChI is InChI=1S/C31H35ClN4O8S/c1-19-15-36(20(2)17-37)30(38)13-21-12-24(34-45(40,41)25-8-4-22(32)5-9-25)7-10-26(21)44-29(19)16-35(3)31(39)33-23-6-11-27-28(14-23)43-18-42-27/h4-12,14,19-20,29,34,37H,13,15-18H2,1-3H3,(H,33,39)/t19-,20-,29-/m1/s1. The highest BCUT2D eigenvalue weighted by Gasteiger charge is 2.32. The fourth-order valence-electron chi connectivity index (χ4n) is 5.08. The molecule has 45 heavy (non-hydrogen) atoms. The molecule has 2 aliphatic heterocycles. The topological polar surface area (TPSA) is 147 Å². The summed E-state index contributed by atoms with van der Waals surface area (Å²) in [6.07, 6.45) is -0.650. The van der Waals surface area contributed by atoms with E-state index in [1.807, 2.05) is 6.92 Å². The second-order valence-corrected chi connectivity index (χ2v) is 13.3. The fourth-order valence-corrected chi connectivity index (χ4v) is 6.26. The molecule has 0 spiro atoms. The number of halogens is 1. The number of aliphatic hydroxyl groups is 1. The summed E-state index contributed by atoms with van der Waals surface area (Å²) in [6.45, 7) is 3.98. The highest BCUT2D eigenvalue weighted by atomic mass is 35.5. The Balaban J connectivity index is 1.38. The molecular formula is C31H35ClN4O8S. The lowest BCUT2D eigenvalue weighted by Gasteiger charge is -2.34. The molecule has 14 heteroatoms. The number of fused-ring (bicyclic) bond motifs is 2. The van der Waals surface area contributed by atoms with Crippen LogP contribution in [-0.4, -0.2) is 80.9 Å². The summed E-state index contributed by atoms with van der Waals surface area (Å²) in [7, 11) is -2.30. The number of aliphatic hydroxyl groups excluding tert-OH is 1. The van der Waals surface area contributed by atoms with E-state index < -0.39 is 22.2 Å². The molecule has 0 bridgehead atoms. The molecule has 3 aromatic carbocycles. The van der Waals surface area contributed by atoms with Gasteiger partial charge in [-0.15, -0.1) is 0 Å². The van der Waals surface area contributed by atoms with Crippen LogP contribution in [0, 0.1) is 5.92 Å². The number of amides is 3. The molecule has 3 N–H and O–H groups in total. The zero-order valence-corrected chi connectivity index (χ0v) is 26.6. The van der Waals surface area contributed by atoms with Crippen LogP contribution in [0.3, 0.4) is 0 Å². The van der Waals surface area contributed by atoms with E-state index in [1.54, 1.807) is 55.3 Å². The van der Waals surface area contributed by atoms with Crippen molar-refractivity contribution >= 4 is 44.9 Å². The number of nitrogens with one attached hydrogen (secondary N) is 2. The van der Waals surface area contributed by atoms with Crippen LogP contribution in [0.5, 0.6) is 17.2 Å². The van der Waals surface area contributed by atoms with Crippen molar-refractivity contribution in [3.8, 4) is 17.2 Å². The third-order valence-electron chi connectivity index (χ3n) is 7.72. The van der Waals surface area contributed by atoms with Gasteiger partial charge in [-0.1, -0.05) is 18.5 Å². The number of carbonyl (C=O) groups excluding carboxylic acids is 2. The number of ether oxygens (including phenoxy) is 3. The number of sulfonamides is 1. The Morgan fingerprint density at radius 2 is 1.76 bits per heavy atom. The van der Waals surface area contributed by atoms with E-state index in [0.717, 1.165) is 0 Å². The van der Waals surface area contributed by atoms with Crippen LogP contribution in [0.4, 0.5) is 16.2 Å². The number of hydrogen-bond acceptors (Lipinski definition) is 8. The lowest BCUT2D eigenvalue weighted by atomic mass is 10.0. The van der Waals surface area contributed by atoms with Gasteiger partial charge in [-0.3, -0.25) is 9.52 Å². The quantitative estimate of drug-likeness (QED) is 0.327. The van der Waals surface area contributed by atoms with Crippen molar-refractivity contribution in [3.63, 3.8) is 0 Å².